The van der Waals surface area contributed by atoms with Gasteiger partial charge in [-0.15, -0.1) is 0 Å². The van der Waals surface area contributed by atoms with Crippen LogP contribution in [0.2, 0.25) is 0 Å². The van der Waals surface area contributed by atoms with Crippen molar-refractivity contribution < 1.29 is 18.7 Å². The number of nitrogens with one attached hydrogen (secondary N) is 1. The van der Waals surface area contributed by atoms with Crippen molar-refractivity contribution in [3.8, 4) is 0 Å². The summed E-state index contributed by atoms with van der Waals surface area (Å²) >= 11 is 0. The summed E-state index contributed by atoms with van der Waals surface area (Å²) in [6.45, 7) is 7.86. The molecule has 29 heavy (non-hydrogen) atoms. The van der Waals surface area contributed by atoms with Crippen LogP contribution in [0.5, 0.6) is 0 Å². The monoisotopic (exact) mass is 399 g/mol. The minimum Gasteiger partial charge on any atom is -0.444 e. The molecular formula is C22H26FN3O3. The van der Waals surface area contributed by atoms with Gasteiger partial charge in [0, 0.05) is 43.1 Å². The molecule has 1 heterocycles. The molecule has 0 atom stereocenters. The van der Waals surface area contributed by atoms with Crippen molar-refractivity contribution in [2.75, 3.05) is 36.4 Å². The van der Waals surface area contributed by atoms with E-state index in [1.165, 1.54) is 12.1 Å². The number of halogens is 1. The number of nitrogens with zero attached hydrogens (tertiary/aromatic N) is 2. The molecule has 0 spiro atoms. The third-order valence-corrected chi connectivity index (χ3v) is 4.51. The predicted octanol–water partition coefficient (Wildman–Crippen LogP) is 4.14. The highest BCUT2D eigenvalue weighted by Crippen LogP contribution is 2.19. The van der Waals surface area contributed by atoms with E-state index in [2.05, 4.69) is 10.2 Å². The van der Waals surface area contributed by atoms with Crippen LogP contribution in [0.25, 0.3) is 0 Å². The number of rotatable bonds is 3. The molecule has 1 aliphatic rings. The average Bonchev–Trinajstić information content (AvgIpc) is 2.67. The fraction of sp³-hybridized carbons (Fsp3) is 0.364. The maximum atomic E-state index is 13.1. The van der Waals surface area contributed by atoms with Crippen molar-refractivity contribution in [1.29, 1.82) is 0 Å². The number of benzene rings is 2. The lowest BCUT2D eigenvalue weighted by molar-refractivity contribution is 0.0634. The fourth-order valence-corrected chi connectivity index (χ4v) is 3.15. The van der Waals surface area contributed by atoms with E-state index in [0.29, 0.717) is 37.4 Å². The first-order chi connectivity index (χ1) is 13.7. The van der Waals surface area contributed by atoms with E-state index in [1.54, 1.807) is 62.1 Å². The minimum atomic E-state index is -0.596. The molecule has 154 valence electrons. The molecule has 7 heteroatoms. The molecule has 2 amide bonds. The van der Waals surface area contributed by atoms with Crippen LogP contribution in [0.3, 0.4) is 0 Å². The SMILES string of the molecule is CC(C)(C)OC(=O)Nc1cccc(C(=O)N2CCN(c3ccc(F)cc3)CC2)c1. The number of carbonyl (C=O) groups is 2. The Labute approximate surface area is 170 Å². The van der Waals surface area contributed by atoms with Gasteiger partial charge in [-0.25, -0.2) is 9.18 Å². The Hall–Kier alpha value is -3.09. The van der Waals surface area contributed by atoms with Crippen LogP contribution >= 0.6 is 0 Å². The Balaban J connectivity index is 1.59. The molecule has 0 aromatic heterocycles. The average molecular weight is 399 g/mol. The summed E-state index contributed by atoms with van der Waals surface area (Å²) in [5.74, 6) is -0.348. The van der Waals surface area contributed by atoms with Gasteiger partial charge >= 0.3 is 6.09 Å². The van der Waals surface area contributed by atoms with E-state index in [-0.39, 0.29) is 11.7 Å². The van der Waals surface area contributed by atoms with Crippen molar-refractivity contribution in [3.63, 3.8) is 0 Å². The van der Waals surface area contributed by atoms with Crippen LogP contribution in [-0.2, 0) is 4.74 Å². The molecule has 0 radical (unpaired) electrons. The summed E-state index contributed by atoms with van der Waals surface area (Å²) in [4.78, 5) is 28.7. The first-order valence-corrected chi connectivity index (χ1v) is 9.61. The molecule has 2 aromatic carbocycles. The summed E-state index contributed by atoms with van der Waals surface area (Å²) < 4.78 is 18.3. The van der Waals surface area contributed by atoms with Crippen LogP contribution in [-0.4, -0.2) is 48.7 Å². The van der Waals surface area contributed by atoms with Gasteiger partial charge in [0.2, 0.25) is 0 Å². The van der Waals surface area contributed by atoms with Gasteiger partial charge in [-0.2, -0.15) is 0 Å². The molecule has 0 unspecified atom stereocenters. The van der Waals surface area contributed by atoms with Crippen molar-refractivity contribution in [3.05, 3.63) is 59.9 Å². The van der Waals surface area contributed by atoms with E-state index in [9.17, 15) is 14.0 Å². The smallest absolute Gasteiger partial charge is 0.412 e. The lowest BCUT2D eigenvalue weighted by Crippen LogP contribution is -2.48. The maximum absolute atomic E-state index is 13.1. The standard InChI is InChI=1S/C22H26FN3O3/c1-22(2,3)29-21(28)24-18-6-4-5-16(15-18)20(27)26-13-11-25(12-14-26)19-9-7-17(23)8-10-19/h4-10,15H,11-14H2,1-3H3,(H,24,28). The van der Waals surface area contributed by atoms with Crippen LogP contribution in [0.1, 0.15) is 31.1 Å². The van der Waals surface area contributed by atoms with Gasteiger partial charge in [-0.1, -0.05) is 6.07 Å². The largest absolute Gasteiger partial charge is 0.444 e. The normalized spacial score (nSPS) is 14.5. The first-order valence-electron chi connectivity index (χ1n) is 9.61. The zero-order valence-electron chi connectivity index (χ0n) is 16.9. The lowest BCUT2D eigenvalue weighted by Gasteiger charge is -2.36. The second kappa shape index (κ2) is 8.51. The summed E-state index contributed by atoms with van der Waals surface area (Å²) in [5, 5.41) is 2.66. The highest BCUT2D eigenvalue weighted by Gasteiger charge is 2.23. The number of hydrogen-bond donors (Lipinski definition) is 1. The Morgan fingerprint density at radius 3 is 2.28 bits per heavy atom. The van der Waals surface area contributed by atoms with E-state index >= 15 is 0 Å². The molecular weight excluding hydrogens is 373 g/mol. The second-order valence-corrected chi connectivity index (χ2v) is 7.96. The Morgan fingerprint density at radius 2 is 1.66 bits per heavy atom. The van der Waals surface area contributed by atoms with Crippen molar-refractivity contribution in [2.24, 2.45) is 0 Å². The summed E-state index contributed by atoms with van der Waals surface area (Å²) in [5.41, 5.74) is 1.37. The third-order valence-electron chi connectivity index (χ3n) is 4.51. The van der Waals surface area contributed by atoms with Gasteiger partial charge in [-0.3, -0.25) is 10.1 Å². The van der Waals surface area contributed by atoms with Gasteiger partial charge in [0.1, 0.15) is 11.4 Å². The van der Waals surface area contributed by atoms with E-state index in [1.807, 2.05) is 0 Å². The minimum absolute atomic E-state index is 0.0865. The number of hydrogen-bond acceptors (Lipinski definition) is 4. The van der Waals surface area contributed by atoms with E-state index in [0.717, 1.165) is 5.69 Å². The Kier molecular flexibility index (Phi) is 6.06. The fourth-order valence-electron chi connectivity index (χ4n) is 3.15. The quantitative estimate of drug-likeness (QED) is 0.843. The third kappa shape index (κ3) is 5.70. The summed E-state index contributed by atoms with van der Waals surface area (Å²) in [7, 11) is 0. The number of amides is 2. The van der Waals surface area contributed by atoms with Gasteiger partial charge in [0.25, 0.3) is 5.91 Å². The predicted molar refractivity (Wildman–Crippen MR) is 111 cm³/mol. The van der Waals surface area contributed by atoms with Crippen LogP contribution in [0.4, 0.5) is 20.6 Å². The molecule has 1 N–H and O–H groups in total. The number of piperazine rings is 1. The molecule has 0 bridgehead atoms. The molecule has 0 saturated carbocycles. The highest BCUT2D eigenvalue weighted by atomic mass is 19.1. The molecule has 1 aliphatic heterocycles. The van der Waals surface area contributed by atoms with Crippen molar-refractivity contribution in [1.82, 2.24) is 4.90 Å². The zero-order valence-corrected chi connectivity index (χ0v) is 16.9. The van der Waals surface area contributed by atoms with Crippen molar-refractivity contribution in [2.45, 2.75) is 26.4 Å². The first kappa shape index (κ1) is 20.6. The summed E-state index contributed by atoms with van der Waals surface area (Å²) in [6, 6.07) is 13.2. The molecule has 2 aromatic rings. The Bertz CT molecular complexity index is 870. The summed E-state index contributed by atoms with van der Waals surface area (Å²) in [6.07, 6.45) is -0.560. The number of carbonyl (C=O) groups excluding carboxylic acids is 2. The molecule has 1 saturated heterocycles. The van der Waals surface area contributed by atoms with Crippen molar-refractivity contribution >= 4 is 23.4 Å². The number of anilines is 2. The molecule has 1 fully saturated rings. The van der Waals surface area contributed by atoms with Gasteiger partial charge < -0.3 is 14.5 Å². The topological polar surface area (TPSA) is 61.9 Å². The van der Waals surface area contributed by atoms with Crippen LogP contribution in [0.15, 0.2) is 48.5 Å². The van der Waals surface area contributed by atoms with Gasteiger partial charge in [0.15, 0.2) is 0 Å². The highest BCUT2D eigenvalue weighted by molar-refractivity contribution is 5.96. The lowest BCUT2D eigenvalue weighted by atomic mass is 10.1. The van der Waals surface area contributed by atoms with Crippen LogP contribution < -0.4 is 10.2 Å². The van der Waals surface area contributed by atoms with Gasteiger partial charge in [0.05, 0.1) is 0 Å². The number of ether oxygens (including phenoxy) is 1. The van der Waals surface area contributed by atoms with Gasteiger partial charge in [-0.05, 0) is 63.2 Å². The Morgan fingerprint density at radius 1 is 1.00 bits per heavy atom. The van der Waals surface area contributed by atoms with E-state index < -0.39 is 11.7 Å². The van der Waals surface area contributed by atoms with E-state index in [4.69, 9.17) is 4.74 Å². The molecule has 6 nitrogen and oxygen atoms in total. The second-order valence-electron chi connectivity index (χ2n) is 7.96. The van der Waals surface area contributed by atoms with Crippen LogP contribution in [0, 0.1) is 5.82 Å². The molecule has 0 aliphatic carbocycles. The maximum Gasteiger partial charge on any atom is 0.412 e. The molecule has 3 rings (SSSR count). The zero-order chi connectivity index (χ0) is 21.0.